The van der Waals surface area contributed by atoms with E-state index in [0.29, 0.717) is 6.42 Å². The third kappa shape index (κ3) is 16.2. The van der Waals surface area contributed by atoms with E-state index in [-0.39, 0.29) is 12.1 Å². The molecule has 0 aromatic carbocycles. The first-order valence-corrected chi connectivity index (χ1v) is 12.5. The van der Waals surface area contributed by atoms with Crippen molar-refractivity contribution in [1.82, 2.24) is 0 Å². The lowest BCUT2D eigenvalue weighted by molar-refractivity contribution is -0.150. The van der Waals surface area contributed by atoms with Gasteiger partial charge in [0.25, 0.3) is 0 Å². The fourth-order valence-electron chi connectivity index (χ4n) is 3.92. The summed E-state index contributed by atoms with van der Waals surface area (Å²) in [6.07, 6.45) is 25.1. The maximum atomic E-state index is 12.2. The number of hydrogen-bond donors (Lipinski definition) is 0. The fraction of sp³-hybridized carbons (Fsp3) is 0.960. The van der Waals surface area contributed by atoms with E-state index in [9.17, 15) is 4.79 Å². The molecule has 0 aliphatic heterocycles. The zero-order valence-electron chi connectivity index (χ0n) is 18.6. The summed E-state index contributed by atoms with van der Waals surface area (Å²) in [5.41, 5.74) is 0. The summed E-state index contributed by atoms with van der Waals surface area (Å²) in [6, 6.07) is 0. The van der Waals surface area contributed by atoms with Crippen LogP contribution in [0.1, 0.15) is 142 Å². The molecule has 0 heterocycles. The molecule has 0 unspecified atom stereocenters. The van der Waals surface area contributed by atoms with Gasteiger partial charge < -0.3 is 4.74 Å². The zero-order chi connectivity index (χ0) is 19.6. The minimum Gasteiger partial charge on any atom is -0.462 e. The molecule has 0 spiro atoms. The van der Waals surface area contributed by atoms with Crippen LogP contribution < -0.4 is 0 Å². The van der Waals surface area contributed by atoms with Crippen molar-refractivity contribution in [3.05, 3.63) is 0 Å². The van der Waals surface area contributed by atoms with Crippen molar-refractivity contribution in [2.45, 2.75) is 148 Å². The van der Waals surface area contributed by atoms with Crippen LogP contribution in [0.2, 0.25) is 0 Å². The molecule has 1 aliphatic carbocycles. The van der Waals surface area contributed by atoms with Crippen LogP contribution in [0.5, 0.6) is 0 Å². The quantitative estimate of drug-likeness (QED) is 0.157. The molecule has 0 N–H and O–H groups in total. The van der Waals surface area contributed by atoms with Gasteiger partial charge in [0.1, 0.15) is 6.10 Å². The molecular formula is C25H48O2. The van der Waals surface area contributed by atoms with Gasteiger partial charge in [0.05, 0.1) is 0 Å². The Hall–Kier alpha value is -0.530. The van der Waals surface area contributed by atoms with Crippen molar-refractivity contribution in [2.24, 2.45) is 5.92 Å². The molecule has 0 aromatic heterocycles. The zero-order valence-corrected chi connectivity index (χ0v) is 18.6. The predicted molar refractivity (Wildman–Crippen MR) is 117 cm³/mol. The van der Waals surface area contributed by atoms with E-state index in [1.165, 1.54) is 103 Å². The van der Waals surface area contributed by atoms with Crippen molar-refractivity contribution in [2.75, 3.05) is 0 Å². The second-order valence-corrected chi connectivity index (χ2v) is 8.91. The molecule has 2 nitrogen and oxygen atoms in total. The number of esters is 1. The van der Waals surface area contributed by atoms with Gasteiger partial charge in [-0.25, -0.2) is 0 Å². The predicted octanol–water partition coefficient (Wildman–Crippen LogP) is 8.37. The Morgan fingerprint density at radius 3 is 1.78 bits per heavy atom. The summed E-state index contributed by atoms with van der Waals surface area (Å²) in [5.74, 6) is 1.04. The molecular weight excluding hydrogens is 332 g/mol. The molecule has 0 aromatic rings. The number of carbonyl (C=O) groups excluding carboxylic acids is 1. The van der Waals surface area contributed by atoms with Crippen LogP contribution in [0.3, 0.4) is 0 Å². The second-order valence-electron chi connectivity index (χ2n) is 8.91. The molecule has 1 fully saturated rings. The second kappa shape index (κ2) is 17.6. The SMILES string of the molecule is CCCCCCCCC(CCCCCCCC)OC(=O)CCCCC1CC1. The maximum absolute atomic E-state index is 12.2. The highest BCUT2D eigenvalue weighted by Crippen LogP contribution is 2.34. The van der Waals surface area contributed by atoms with Crippen molar-refractivity contribution >= 4 is 5.97 Å². The van der Waals surface area contributed by atoms with Gasteiger partial charge in [-0.2, -0.15) is 0 Å². The average Bonchev–Trinajstić information content (AvgIpc) is 3.48. The number of carbonyl (C=O) groups is 1. The lowest BCUT2D eigenvalue weighted by Gasteiger charge is -2.18. The smallest absolute Gasteiger partial charge is 0.306 e. The average molecular weight is 381 g/mol. The highest BCUT2D eigenvalue weighted by molar-refractivity contribution is 5.69. The lowest BCUT2D eigenvalue weighted by Crippen LogP contribution is -2.18. The molecule has 0 atom stereocenters. The van der Waals surface area contributed by atoms with Gasteiger partial charge in [0, 0.05) is 6.42 Å². The monoisotopic (exact) mass is 380 g/mol. The Morgan fingerprint density at radius 2 is 1.26 bits per heavy atom. The normalized spacial score (nSPS) is 14.0. The maximum Gasteiger partial charge on any atom is 0.306 e. The highest BCUT2D eigenvalue weighted by atomic mass is 16.5. The van der Waals surface area contributed by atoms with Crippen LogP contribution in [-0.2, 0) is 9.53 Å². The van der Waals surface area contributed by atoms with Crippen LogP contribution >= 0.6 is 0 Å². The van der Waals surface area contributed by atoms with Gasteiger partial charge in [-0.05, 0) is 38.0 Å². The van der Waals surface area contributed by atoms with Gasteiger partial charge in [0.2, 0.25) is 0 Å². The van der Waals surface area contributed by atoms with Gasteiger partial charge in [-0.1, -0.05) is 104 Å². The summed E-state index contributed by atoms with van der Waals surface area (Å²) in [5, 5.41) is 0. The summed E-state index contributed by atoms with van der Waals surface area (Å²) in [6.45, 7) is 4.53. The molecule has 1 rings (SSSR count). The van der Waals surface area contributed by atoms with Gasteiger partial charge in [0.15, 0.2) is 0 Å². The van der Waals surface area contributed by atoms with E-state index >= 15 is 0 Å². The van der Waals surface area contributed by atoms with E-state index in [1.807, 2.05) is 0 Å². The summed E-state index contributed by atoms with van der Waals surface area (Å²) < 4.78 is 5.89. The molecule has 0 saturated heterocycles. The first-order chi connectivity index (χ1) is 13.3. The van der Waals surface area contributed by atoms with E-state index < -0.39 is 0 Å². The standard InChI is InChI=1S/C25H48O2/c1-3-5-7-9-11-13-18-24(19-14-12-10-8-6-4-2)27-25(26)20-16-15-17-23-21-22-23/h23-24H,3-22H2,1-2H3. The van der Waals surface area contributed by atoms with Crippen molar-refractivity contribution in [3.63, 3.8) is 0 Å². The highest BCUT2D eigenvalue weighted by Gasteiger charge is 2.20. The van der Waals surface area contributed by atoms with E-state index in [1.54, 1.807) is 0 Å². The summed E-state index contributed by atoms with van der Waals surface area (Å²) in [7, 11) is 0. The Labute approximate surface area is 170 Å². The largest absolute Gasteiger partial charge is 0.462 e. The Bertz CT molecular complexity index is 319. The van der Waals surface area contributed by atoms with Crippen LogP contribution in [0.25, 0.3) is 0 Å². The van der Waals surface area contributed by atoms with Gasteiger partial charge in [-0.3, -0.25) is 4.79 Å². The van der Waals surface area contributed by atoms with Gasteiger partial charge >= 0.3 is 5.97 Å². The minimum atomic E-state index is 0.0627. The molecule has 0 amide bonds. The first-order valence-electron chi connectivity index (χ1n) is 12.5. The topological polar surface area (TPSA) is 26.3 Å². The Kier molecular flexibility index (Phi) is 15.9. The minimum absolute atomic E-state index is 0.0627. The molecule has 0 bridgehead atoms. The molecule has 1 saturated carbocycles. The van der Waals surface area contributed by atoms with Crippen LogP contribution in [0, 0.1) is 5.92 Å². The lowest BCUT2D eigenvalue weighted by atomic mass is 10.0. The summed E-state index contributed by atoms with van der Waals surface area (Å²) >= 11 is 0. The number of hydrogen-bond acceptors (Lipinski definition) is 2. The Balaban J connectivity index is 2.15. The van der Waals surface area contributed by atoms with E-state index in [0.717, 1.165) is 25.2 Å². The van der Waals surface area contributed by atoms with Crippen molar-refractivity contribution in [3.8, 4) is 0 Å². The van der Waals surface area contributed by atoms with Crippen molar-refractivity contribution in [1.29, 1.82) is 0 Å². The molecule has 160 valence electrons. The molecule has 0 radical (unpaired) electrons. The number of ether oxygens (including phenoxy) is 1. The van der Waals surface area contributed by atoms with E-state index in [2.05, 4.69) is 13.8 Å². The first kappa shape index (κ1) is 24.5. The van der Waals surface area contributed by atoms with Crippen LogP contribution in [0.4, 0.5) is 0 Å². The third-order valence-electron chi connectivity index (χ3n) is 6.00. The molecule has 1 aliphatic rings. The molecule has 2 heteroatoms. The van der Waals surface area contributed by atoms with E-state index in [4.69, 9.17) is 4.74 Å². The van der Waals surface area contributed by atoms with Crippen LogP contribution in [-0.4, -0.2) is 12.1 Å². The fourth-order valence-corrected chi connectivity index (χ4v) is 3.92. The number of unbranched alkanes of at least 4 members (excludes halogenated alkanes) is 11. The van der Waals surface area contributed by atoms with Crippen molar-refractivity contribution < 1.29 is 9.53 Å². The van der Waals surface area contributed by atoms with Crippen LogP contribution in [0.15, 0.2) is 0 Å². The Morgan fingerprint density at radius 1 is 0.741 bits per heavy atom. The van der Waals surface area contributed by atoms with Gasteiger partial charge in [-0.15, -0.1) is 0 Å². The summed E-state index contributed by atoms with van der Waals surface area (Å²) in [4.78, 5) is 12.2. The molecule has 27 heavy (non-hydrogen) atoms. The number of rotatable bonds is 20. The third-order valence-corrected chi connectivity index (χ3v) is 6.00.